The van der Waals surface area contributed by atoms with Crippen molar-refractivity contribution in [2.75, 3.05) is 23.9 Å². The van der Waals surface area contributed by atoms with Crippen LogP contribution in [0.2, 0.25) is 0 Å². The summed E-state index contributed by atoms with van der Waals surface area (Å²) < 4.78 is 5.14. The van der Waals surface area contributed by atoms with Crippen LogP contribution in [0.1, 0.15) is 32.3 Å². The Kier molecular flexibility index (Phi) is 6.17. The van der Waals surface area contributed by atoms with E-state index in [1.165, 1.54) is 17.4 Å². The van der Waals surface area contributed by atoms with E-state index in [-0.39, 0.29) is 18.4 Å². The highest BCUT2D eigenvalue weighted by molar-refractivity contribution is 6.01. The molecule has 2 rings (SSSR count). The maximum absolute atomic E-state index is 12.3. The first-order valence-corrected chi connectivity index (χ1v) is 8.22. The molecule has 132 valence electrons. The number of rotatable bonds is 6. The number of benzene rings is 2. The molecule has 0 saturated heterocycles. The number of carbonyl (C=O) groups is 2. The minimum Gasteiger partial charge on any atom is -0.497 e. The van der Waals surface area contributed by atoms with Crippen LogP contribution in [0, 0.1) is 0 Å². The topological polar surface area (TPSA) is 58.6 Å². The highest BCUT2D eigenvalue weighted by Crippen LogP contribution is 2.21. The van der Waals surface area contributed by atoms with Crippen molar-refractivity contribution >= 4 is 23.2 Å². The maximum atomic E-state index is 12.3. The lowest BCUT2D eigenvalue weighted by Crippen LogP contribution is -2.36. The van der Waals surface area contributed by atoms with E-state index in [1.54, 1.807) is 31.4 Å². The summed E-state index contributed by atoms with van der Waals surface area (Å²) in [5, 5.41) is 2.79. The molecule has 0 atom stereocenters. The van der Waals surface area contributed by atoms with Crippen molar-refractivity contribution in [3.8, 4) is 5.75 Å². The molecule has 5 heteroatoms. The van der Waals surface area contributed by atoms with E-state index in [0.717, 1.165) is 0 Å². The van der Waals surface area contributed by atoms with Gasteiger partial charge in [-0.15, -0.1) is 0 Å². The molecule has 2 amide bonds. The molecule has 2 aromatic rings. The van der Waals surface area contributed by atoms with Gasteiger partial charge in [0, 0.05) is 24.4 Å². The lowest BCUT2D eigenvalue weighted by atomic mass is 10.0. The molecule has 0 fully saturated rings. The third kappa shape index (κ3) is 5.08. The van der Waals surface area contributed by atoms with Gasteiger partial charge in [-0.3, -0.25) is 9.59 Å². The summed E-state index contributed by atoms with van der Waals surface area (Å²) in [7, 11) is 1.57. The van der Waals surface area contributed by atoms with Crippen LogP contribution >= 0.6 is 0 Å². The van der Waals surface area contributed by atoms with Crippen LogP contribution in [0.25, 0.3) is 0 Å². The van der Waals surface area contributed by atoms with Crippen LogP contribution in [0.5, 0.6) is 5.75 Å². The van der Waals surface area contributed by atoms with E-state index in [2.05, 4.69) is 19.2 Å². The molecular formula is C20H24N2O3. The Hall–Kier alpha value is -2.82. The fourth-order valence-electron chi connectivity index (χ4n) is 2.47. The Morgan fingerprint density at radius 1 is 1.12 bits per heavy atom. The van der Waals surface area contributed by atoms with Gasteiger partial charge in [-0.25, -0.2) is 0 Å². The van der Waals surface area contributed by atoms with Crippen molar-refractivity contribution in [1.82, 2.24) is 0 Å². The van der Waals surface area contributed by atoms with Crippen molar-refractivity contribution < 1.29 is 14.3 Å². The maximum Gasteiger partial charge on any atom is 0.244 e. The zero-order chi connectivity index (χ0) is 18.4. The van der Waals surface area contributed by atoms with Crippen LogP contribution in [0.4, 0.5) is 11.4 Å². The summed E-state index contributed by atoms with van der Waals surface area (Å²) in [4.78, 5) is 25.8. The Morgan fingerprint density at radius 3 is 2.36 bits per heavy atom. The molecule has 0 spiro atoms. The van der Waals surface area contributed by atoms with E-state index >= 15 is 0 Å². The quantitative estimate of drug-likeness (QED) is 0.870. The predicted molar refractivity (Wildman–Crippen MR) is 100 cm³/mol. The number of methoxy groups -OCH3 is 1. The molecule has 0 aliphatic carbocycles. The predicted octanol–water partition coefficient (Wildman–Crippen LogP) is 3.81. The monoisotopic (exact) mass is 340 g/mol. The Labute approximate surface area is 148 Å². The minimum atomic E-state index is -0.267. The van der Waals surface area contributed by atoms with Crippen LogP contribution in [0.3, 0.4) is 0 Å². The number of nitrogens with one attached hydrogen (secondary N) is 1. The summed E-state index contributed by atoms with van der Waals surface area (Å²) in [5.74, 6) is 0.621. The lowest BCUT2D eigenvalue weighted by Gasteiger charge is -2.21. The molecule has 0 radical (unpaired) electrons. The van der Waals surface area contributed by atoms with Gasteiger partial charge >= 0.3 is 0 Å². The summed E-state index contributed by atoms with van der Waals surface area (Å²) in [5.41, 5.74) is 2.52. The molecule has 0 aliphatic heterocycles. The molecule has 0 heterocycles. The fraction of sp³-hybridized carbons (Fsp3) is 0.300. The van der Waals surface area contributed by atoms with Crippen LogP contribution in [-0.2, 0) is 9.59 Å². The van der Waals surface area contributed by atoms with E-state index in [4.69, 9.17) is 4.74 Å². The third-order valence-corrected chi connectivity index (χ3v) is 3.91. The Balaban J connectivity index is 2.10. The van der Waals surface area contributed by atoms with E-state index in [1.807, 2.05) is 24.3 Å². The molecule has 0 bridgehead atoms. The minimum absolute atomic E-state index is 0.0480. The molecule has 25 heavy (non-hydrogen) atoms. The van der Waals surface area contributed by atoms with E-state index in [9.17, 15) is 9.59 Å². The van der Waals surface area contributed by atoms with Crippen molar-refractivity contribution in [1.29, 1.82) is 0 Å². The van der Waals surface area contributed by atoms with E-state index in [0.29, 0.717) is 23.0 Å². The van der Waals surface area contributed by atoms with Crippen molar-refractivity contribution in [3.05, 3.63) is 54.1 Å². The Morgan fingerprint density at radius 2 is 1.80 bits per heavy atom. The highest BCUT2D eigenvalue weighted by Gasteiger charge is 2.16. The second kappa shape index (κ2) is 8.33. The number of hydrogen-bond acceptors (Lipinski definition) is 3. The SMILES string of the molecule is COc1cccc(NC(=O)CN(C(C)=O)c2ccc(C(C)C)cc2)c1. The van der Waals surface area contributed by atoms with Gasteiger partial charge < -0.3 is 15.0 Å². The van der Waals surface area contributed by atoms with Gasteiger partial charge in [-0.2, -0.15) is 0 Å². The van der Waals surface area contributed by atoms with Gasteiger partial charge in [0.05, 0.1) is 7.11 Å². The number of amides is 2. The van der Waals surface area contributed by atoms with Crippen LogP contribution in [-0.4, -0.2) is 25.5 Å². The summed E-state index contributed by atoms with van der Waals surface area (Å²) >= 11 is 0. The summed E-state index contributed by atoms with van der Waals surface area (Å²) in [6.45, 7) is 5.63. The molecule has 0 saturated carbocycles. The van der Waals surface area contributed by atoms with Crippen LogP contribution in [0.15, 0.2) is 48.5 Å². The van der Waals surface area contributed by atoms with Gasteiger partial charge in [0.15, 0.2) is 0 Å². The second-order valence-corrected chi connectivity index (χ2v) is 6.13. The van der Waals surface area contributed by atoms with Gasteiger partial charge in [0.1, 0.15) is 12.3 Å². The van der Waals surface area contributed by atoms with Gasteiger partial charge in [-0.05, 0) is 35.7 Å². The van der Waals surface area contributed by atoms with E-state index < -0.39 is 0 Å². The highest BCUT2D eigenvalue weighted by atomic mass is 16.5. The molecule has 0 aromatic heterocycles. The fourth-order valence-corrected chi connectivity index (χ4v) is 2.47. The van der Waals surface area contributed by atoms with Crippen molar-refractivity contribution in [2.45, 2.75) is 26.7 Å². The lowest BCUT2D eigenvalue weighted by molar-refractivity contribution is -0.120. The zero-order valence-corrected chi connectivity index (χ0v) is 15.1. The first-order valence-electron chi connectivity index (χ1n) is 8.22. The first kappa shape index (κ1) is 18.5. The zero-order valence-electron chi connectivity index (χ0n) is 15.1. The number of hydrogen-bond donors (Lipinski definition) is 1. The van der Waals surface area contributed by atoms with Gasteiger partial charge in [-0.1, -0.05) is 32.0 Å². The number of anilines is 2. The largest absolute Gasteiger partial charge is 0.497 e. The van der Waals surface area contributed by atoms with Crippen LogP contribution < -0.4 is 15.0 Å². The second-order valence-electron chi connectivity index (χ2n) is 6.13. The van der Waals surface area contributed by atoms with Crippen molar-refractivity contribution in [3.63, 3.8) is 0 Å². The standard InChI is InChI=1S/C20H24N2O3/c1-14(2)16-8-10-18(11-9-16)22(15(3)23)13-20(24)21-17-6-5-7-19(12-17)25-4/h5-12,14H,13H2,1-4H3,(H,21,24). The molecule has 0 unspecified atom stereocenters. The number of carbonyl (C=O) groups excluding carboxylic acids is 2. The molecule has 2 aromatic carbocycles. The van der Waals surface area contributed by atoms with Gasteiger partial charge in [0.25, 0.3) is 0 Å². The Bertz CT molecular complexity index is 739. The smallest absolute Gasteiger partial charge is 0.244 e. The number of nitrogens with zero attached hydrogens (tertiary/aromatic N) is 1. The molecule has 0 aliphatic rings. The van der Waals surface area contributed by atoms with Gasteiger partial charge in [0.2, 0.25) is 11.8 Å². The first-order chi connectivity index (χ1) is 11.9. The summed E-state index contributed by atoms with van der Waals surface area (Å²) in [6, 6.07) is 14.8. The summed E-state index contributed by atoms with van der Waals surface area (Å²) in [6.07, 6.45) is 0. The third-order valence-electron chi connectivity index (χ3n) is 3.91. The molecule has 5 nitrogen and oxygen atoms in total. The number of ether oxygens (including phenoxy) is 1. The molecule has 1 N–H and O–H groups in total. The average Bonchev–Trinajstić information content (AvgIpc) is 2.59. The average molecular weight is 340 g/mol. The normalized spacial score (nSPS) is 10.4. The van der Waals surface area contributed by atoms with Crippen molar-refractivity contribution in [2.24, 2.45) is 0 Å². The molecular weight excluding hydrogens is 316 g/mol.